The lowest BCUT2D eigenvalue weighted by Crippen LogP contribution is -2.24. The molecule has 0 atom stereocenters. The minimum absolute atomic E-state index is 0.157. The molecule has 0 aliphatic rings. The number of ketones is 1. The molecule has 6 nitrogen and oxygen atoms in total. The number of carbonyl (C=O) groups is 2. The van der Waals surface area contributed by atoms with Gasteiger partial charge in [-0.3, -0.25) is 14.4 Å². The molecule has 0 unspecified atom stereocenters. The van der Waals surface area contributed by atoms with Crippen molar-refractivity contribution in [2.24, 2.45) is 0 Å². The van der Waals surface area contributed by atoms with Crippen LogP contribution in [-0.2, 0) is 11.2 Å². The first-order chi connectivity index (χ1) is 13.3. The maximum Gasteiger partial charge on any atom is 0.254 e. The summed E-state index contributed by atoms with van der Waals surface area (Å²) in [5, 5.41) is 3.09. The van der Waals surface area contributed by atoms with Crippen molar-refractivity contribution < 1.29 is 9.59 Å². The van der Waals surface area contributed by atoms with Crippen LogP contribution in [0.2, 0.25) is 5.02 Å². The van der Waals surface area contributed by atoms with Crippen LogP contribution in [-0.4, -0.2) is 21.7 Å². The van der Waals surface area contributed by atoms with Crippen LogP contribution in [0.15, 0.2) is 53.3 Å². The Morgan fingerprint density at radius 1 is 1.11 bits per heavy atom. The third-order valence-electron chi connectivity index (χ3n) is 4.21. The van der Waals surface area contributed by atoms with Gasteiger partial charge < -0.3 is 10.3 Å². The van der Waals surface area contributed by atoms with Crippen LogP contribution >= 0.6 is 11.6 Å². The maximum atomic E-state index is 12.8. The van der Waals surface area contributed by atoms with Crippen LogP contribution in [0.1, 0.15) is 33.0 Å². The molecule has 3 rings (SSSR count). The van der Waals surface area contributed by atoms with Gasteiger partial charge in [-0.25, -0.2) is 4.98 Å². The highest BCUT2D eigenvalue weighted by molar-refractivity contribution is 6.31. The average molecular weight is 396 g/mol. The van der Waals surface area contributed by atoms with Crippen LogP contribution in [0, 0.1) is 13.8 Å². The smallest absolute Gasteiger partial charge is 0.254 e. The molecule has 1 amide bonds. The van der Waals surface area contributed by atoms with Gasteiger partial charge in [-0.1, -0.05) is 41.9 Å². The molecule has 0 fully saturated rings. The molecule has 0 aliphatic heterocycles. The lowest BCUT2D eigenvalue weighted by Gasteiger charge is -2.12. The van der Waals surface area contributed by atoms with Crippen molar-refractivity contribution in [2.75, 3.05) is 5.32 Å². The van der Waals surface area contributed by atoms with E-state index in [1.807, 2.05) is 6.07 Å². The van der Waals surface area contributed by atoms with E-state index in [2.05, 4.69) is 15.3 Å². The van der Waals surface area contributed by atoms with Gasteiger partial charge in [-0.2, -0.15) is 0 Å². The highest BCUT2D eigenvalue weighted by Crippen LogP contribution is 2.24. The fourth-order valence-corrected chi connectivity index (χ4v) is 3.04. The topological polar surface area (TPSA) is 91.9 Å². The molecule has 1 aromatic heterocycles. The zero-order valence-corrected chi connectivity index (χ0v) is 16.1. The summed E-state index contributed by atoms with van der Waals surface area (Å²) >= 11 is 6.05. The number of anilines is 1. The molecule has 0 saturated heterocycles. The Hall–Kier alpha value is -3.25. The number of nitrogens with zero attached hydrogens (tertiary/aromatic N) is 1. The first-order valence-electron chi connectivity index (χ1n) is 8.60. The highest BCUT2D eigenvalue weighted by Gasteiger charge is 2.17. The van der Waals surface area contributed by atoms with Gasteiger partial charge in [0.25, 0.3) is 5.56 Å². The lowest BCUT2D eigenvalue weighted by atomic mass is 10.0. The summed E-state index contributed by atoms with van der Waals surface area (Å²) in [6, 6.07) is 13.4. The van der Waals surface area contributed by atoms with E-state index in [1.165, 1.54) is 6.07 Å². The Morgan fingerprint density at radius 2 is 1.82 bits per heavy atom. The van der Waals surface area contributed by atoms with Crippen molar-refractivity contribution in [3.63, 3.8) is 0 Å². The Labute approximate surface area is 166 Å². The van der Waals surface area contributed by atoms with Crippen molar-refractivity contribution in [2.45, 2.75) is 20.3 Å². The zero-order chi connectivity index (χ0) is 20.3. The van der Waals surface area contributed by atoms with Crippen LogP contribution in [0.4, 0.5) is 5.69 Å². The Bertz CT molecular complexity index is 1110. The molecule has 142 valence electrons. The van der Waals surface area contributed by atoms with E-state index >= 15 is 0 Å². The van der Waals surface area contributed by atoms with E-state index in [0.29, 0.717) is 27.8 Å². The number of rotatable bonds is 5. The highest BCUT2D eigenvalue weighted by atomic mass is 35.5. The molecule has 0 bridgehead atoms. The van der Waals surface area contributed by atoms with Gasteiger partial charge in [0.05, 0.1) is 12.1 Å². The van der Waals surface area contributed by atoms with Crippen molar-refractivity contribution in [1.29, 1.82) is 0 Å². The fourth-order valence-electron chi connectivity index (χ4n) is 2.87. The SMILES string of the molecule is Cc1nc(C)c(CC(=O)Nc2ccc(Cl)cc2C(=O)c2ccccc2)c(=O)[nH]1. The third-order valence-corrected chi connectivity index (χ3v) is 4.45. The van der Waals surface area contributed by atoms with E-state index < -0.39 is 5.91 Å². The molecular weight excluding hydrogens is 378 g/mol. The van der Waals surface area contributed by atoms with Gasteiger partial charge in [0.1, 0.15) is 5.82 Å². The fraction of sp³-hybridized carbons (Fsp3) is 0.143. The van der Waals surface area contributed by atoms with E-state index in [0.717, 1.165) is 0 Å². The largest absolute Gasteiger partial charge is 0.325 e. The van der Waals surface area contributed by atoms with E-state index in [4.69, 9.17) is 11.6 Å². The quantitative estimate of drug-likeness (QED) is 0.647. The first kappa shape index (κ1) is 19.5. The molecule has 3 aromatic rings. The first-order valence-corrected chi connectivity index (χ1v) is 8.98. The van der Waals surface area contributed by atoms with E-state index in [1.54, 1.807) is 50.2 Å². The van der Waals surface area contributed by atoms with Crippen LogP contribution in [0.25, 0.3) is 0 Å². The normalized spacial score (nSPS) is 10.5. The number of hydrogen-bond donors (Lipinski definition) is 2. The number of halogens is 1. The van der Waals surface area contributed by atoms with Gasteiger partial charge >= 0.3 is 0 Å². The second-order valence-electron chi connectivity index (χ2n) is 6.33. The number of benzene rings is 2. The average Bonchev–Trinajstić information content (AvgIpc) is 2.66. The van der Waals surface area contributed by atoms with Crippen molar-refractivity contribution in [3.05, 3.63) is 92.1 Å². The Kier molecular flexibility index (Phi) is 5.70. The number of nitrogens with one attached hydrogen (secondary N) is 2. The van der Waals surface area contributed by atoms with Crippen LogP contribution in [0.3, 0.4) is 0 Å². The predicted molar refractivity (Wildman–Crippen MR) is 108 cm³/mol. The summed E-state index contributed by atoms with van der Waals surface area (Å²) in [5.41, 5.74) is 1.52. The van der Waals surface area contributed by atoms with Gasteiger partial charge in [-0.15, -0.1) is 0 Å². The molecule has 2 N–H and O–H groups in total. The summed E-state index contributed by atoms with van der Waals surface area (Å²) < 4.78 is 0. The predicted octanol–water partition coefficient (Wildman–Crippen LogP) is 3.45. The maximum absolute atomic E-state index is 12.8. The molecule has 0 radical (unpaired) electrons. The molecular formula is C21H18ClN3O3. The molecule has 1 heterocycles. The Balaban J connectivity index is 1.88. The minimum atomic E-state index is -0.427. The van der Waals surface area contributed by atoms with E-state index in [-0.39, 0.29) is 28.9 Å². The summed E-state index contributed by atoms with van der Waals surface area (Å²) in [6.45, 7) is 3.35. The number of H-pyrrole nitrogens is 1. The van der Waals surface area contributed by atoms with Gasteiger partial charge in [-0.05, 0) is 32.0 Å². The lowest BCUT2D eigenvalue weighted by molar-refractivity contribution is -0.115. The number of carbonyl (C=O) groups excluding carboxylic acids is 2. The van der Waals surface area contributed by atoms with Crippen LogP contribution < -0.4 is 10.9 Å². The monoisotopic (exact) mass is 395 g/mol. The summed E-state index contributed by atoms with van der Waals surface area (Å²) in [7, 11) is 0. The molecule has 7 heteroatoms. The number of aromatic amines is 1. The van der Waals surface area contributed by atoms with Gasteiger partial charge in [0, 0.05) is 27.4 Å². The van der Waals surface area contributed by atoms with Crippen molar-refractivity contribution in [1.82, 2.24) is 9.97 Å². The molecule has 0 aliphatic carbocycles. The standard InChI is InChI=1S/C21H18ClN3O3/c1-12-16(21(28)24-13(2)23-12)11-19(26)25-18-9-8-15(22)10-17(18)20(27)14-6-4-3-5-7-14/h3-10H,11H2,1-2H3,(H,25,26)(H,23,24,28). The van der Waals surface area contributed by atoms with Gasteiger partial charge in [0.15, 0.2) is 5.78 Å². The number of aromatic nitrogens is 2. The zero-order valence-electron chi connectivity index (χ0n) is 15.4. The number of amides is 1. The molecule has 0 saturated carbocycles. The summed E-state index contributed by atoms with van der Waals surface area (Å²) in [5.74, 6) is -0.201. The molecule has 0 spiro atoms. The van der Waals surface area contributed by atoms with E-state index in [9.17, 15) is 14.4 Å². The second kappa shape index (κ2) is 8.19. The summed E-state index contributed by atoms with van der Waals surface area (Å²) in [4.78, 5) is 44.2. The number of aryl methyl sites for hydroxylation is 2. The molecule has 2 aromatic carbocycles. The Morgan fingerprint density at radius 3 is 2.50 bits per heavy atom. The van der Waals surface area contributed by atoms with Crippen molar-refractivity contribution >= 4 is 29.0 Å². The number of hydrogen-bond acceptors (Lipinski definition) is 4. The third kappa shape index (κ3) is 4.35. The van der Waals surface area contributed by atoms with Gasteiger partial charge in [0.2, 0.25) is 5.91 Å². The molecule has 28 heavy (non-hydrogen) atoms. The van der Waals surface area contributed by atoms with Crippen molar-refractivity contribution in [3.8, 4) is 0 Å². The summed E-state index contributed by atoms with van der Waals surface area (Å²) in [6.07, 6.45) is -0.157. The van der Waals surface area contributed by atoms with Crippen LogP contribution in [0.5, 0.6) is 0 Å². The minimum Gasteiger partial charge on any atom is -0.325 e. The second-order valence-corrected chi connectivity index (χ2v) is 6.76.